The Morgan fingerprint density at radius 1 is 1.63 bits per heavy atom. The molecule has 2 heterocycles. The van der Waals surface area contributed by atoms with Crippen molar-refractivity contribution in [3.05, 3.63) is 24.0 Å². The lowest BCUT2D eigenvalue weighted by molar-refractivity contribution is -0.121. The highest BCUT2D eigenvalue weighted by Crippen LogP contribution is 2.26. The standard InChI is InChI=1S/C14H21N3O2/c1-3-13(18)11-7-6-10(9-16-11)17-8-4-5-12(17)14(19)15-2/h6-7,9,12-13,18H,3-5,8H2,1-2H3,(H,15,19)/t12?,13-/m1/s1. The van der Waals surface area contributed by atoms with Crippen LogP contribution in [-0.4, -0.2) is 35.6 Å². The second-order valence-electron chi connectivity index (χ2n) is 4.83. The van der Waals surface area contributed by atoms with Crippen molar-refractivity contribution >= 4 is 11.6 Å². The third-order valence-electron chi connectivity index (χ3n) is 3.63. The van der Waals surface area contributed by atoms with Crippen molar-refractivity contribution in [3.8, 4) is 0 Å². The molecule has 2 atom stereocenters. The first kappa shape index (κ1) is 13.8. The first-order chi connectivity index (χ1) is 9.17. The maximum absolute atomic E-state index is 11.8. The van der Waals surface area contributed by atoms with Gasteiger partial charge in [0, 0.05) is 13.6 Å². The van der Waals surface area contributed by atoms with Crippen molar-refractivity contribution < 1.29 is 9.90 Å². The fourth-order valence-corrected chi connectivity index (χ4v) is 2.49. The van der Waals surface area contributed by atoms with E-state index in [1.807, 2.05) is 19.1 Å². The smallest absolute Gasteiger partial charge is 0.242 e. The number of pyridine rings is 1. The monoisotopic (exact) mass is 263 g/mol. The number of rotatable bonds is 4. The highest BCUT2D eigenvalue weighted by Gasteiger charge is 2.30. The molecule has 1 aromatic heterocycles. The summed E-state index contributed by atoms with van der Waals surface area (Å²) in [6.45, 7) is 2.79. The van der Waals surface area contributed by atoms with Crippen LogP contribution in [0.1, 0.15) is 38.0 Å². The van der Waals surface area contributed by atoms with Crippen LogP contribution >= 0.6 is 0 Å². The van der Waals surface area contributed by atoms with Gasteiger partial charge in [-0.1, -0.05) is 6.92 Å². The number of aliphatic hydroxyl groups is 1. The average Bonchev–Trinajstić information content (AvgIpc) is 2.95. The number of aromatic nitrogens is 1. The molecular weight excluding hydrogens is 242 g/mol. The molecule has 5 nitrogen and oxygen atoms in total. The number of likely N-dealkylation sites (N-methyl/N-ethyl adjacent to an activating group) is 1. The van der Waals surface area contributed by atoms with Gasteiger partial charge in [-0.05, 0) is 31.4 Å². The van der Waals surface area contributed by atoms with E-state index in [1.165, 1.54) is 0 Å². The van der Waals surface area contributed by atoms with E-state index in [9.17, 15) is 9.90 Å². The Labute approximate surface area is 113 Å². The van der Waals surface area contributed by atoms with Crippen molar-refractivity contribution in [3.63, 3.8) is 0 Å². The number of nitrogens with one attached hydrogen (secondary N) is 1. The Morgan fingerprint density at radius 3 is 3.00 bits per heavy atom. The van der Waals surface area contributed by atoms with E-state index in [2.05, 4.69) is 15.2 Å². The van der Waals surface area contributed by atoms with Crippen molar-refractivity contribution in [2.24, 2.45) is 0 Å². The Hall–Kier alpha value is -1.62. The zero-order valence-corrected chi connectivity index (χ0v) is 11.5. The highest BCUT2D eigenvalue weighted by atomic mass is 16.3. The molecule has 0 bridgehead atoms. The van der Waals surface area contributed by atoms with Crippen molar-refractivity contribution in [1.29, 1.82) is 0 Å². The highest BCUT2D eigenvalue weighted by molar-refractivity contribution is 5.85. The number of anilines is 1. The number of hydrogen-bond acceptors (Lipinski definition) is 4. The van der Waals surface area contributed by atoms with Crippen LogP contribution < -0.4 is 10.2 Å². The van der Waals surface area contributed by atoms with Gasteiger partial charge in [0.25, 0.3) is 0 Å². The molecule has 0 spiro atoms. The lowest BCUT2D eigenvalue weighted by Gasteiger charge is -2.25. The second kappa shape index (κ2) is 6.02. The predicted octanol–water partition coefficient (Wildman–Crippen LogP) is 1.24. The number of aliphatic hydroxyl groups excluding tert-OH is 1. The normalized spacial score (nSPS) is 20.4. The van der Waals surface area contributed by atoms with E-state index in [4.69, 9.17) is 0 Å². The van der Waals surface area contributed by atoms with E-state index < -0.39 is 6.10 Å². The van der Waals surface area contributed by atoms with Gasteiger partial charge in [0.15, 0.2) is 0 Å². The summed E-state index contributed by atoms with van der Waals surface area (Å²) in [5, 5.41) is 12.4. The summed E-state index contributed by atoms with van der Waals surface area (Å²) in [5.74, 6) is 0.0511. The minimum Gasteiger partial charge on any atom is -0.387 e. The maximum atomic E-state index is 11.8. The van der Waals surface area contributed by atoms with Gasteiger partial charge in [-0.2, -0.15) is 0 Å². The molecule has 5 heteroatoms. The van der Waals surface area contributed by atoms with Crippen molar-refractivity contribution in [2.45, 2.75) is 38.3 Å². The van der Waals surface area contributed by atoms with Gasteiger partial charge in [0.2, 0.25) is 5.91 Å². The predicted molar refractivity (Wildman–Crippen MR) is 73.9 cm³/mol. The summed E-state index contributed by atoms with van der Waals surface area (Å²) in [4.78, 5) is 18.2. The average molecular weight is 263 g/mol. The SMILES string of the molecule is CC[C@@H](O)c1ccc(N2CCCC2C(=O)NC)cn1. The maximum Gasteiger partial charge on any atom is 0.242 e. The molecular formula is C14H21N3O2. The van der Waals surface area contributed by atoms with Gasteiger partial charge in [0.1, 0.15) is 6.04 Å². The van der Waals surface area contributed by atoms with Crippen LogP contribution in [0, 0.1) is 0 Å². The summed E-state index contributed by atoms with van der Waals surface area (Å²) in [6.07, 6.45) is 3.77. The van der Waals surface area contributed by atoms with Crippen LogP contribution in [0.3, 0.4) is 0 Å². The third-order valence-corrected chi connectivity index (χ3v) is 3.63. The quantitative estimate of drug-likeness (QED) is 0.858. The molecule has 0 radical (unpaired) electrons. The molecule has 1 aliphatic heterocycles. The van der Waals surface area contributed by atoms with Crippen LogP contribution in [0.5, 0.6) is 0 Å². The minimum atomic E-state index is -0.512. The van der Waals surface area contributed by atoms with E-state index in [0.29, 0.717) is 12.1 Å². The van der Waals surface area contributed by atoms with Crippen LogP contribution in [-0.2, 0) is 4.79 Å². The van der Waals surface area contributed by atoms with Crippen LogP contribution in [0.4, 0.5) is 5.69 Å². The summed E-state index contributed by atoms with van der Waals surface area (Å²) in [6, 6.07) is 3.67. The number of carbonyl (C=O) groups excluding carboxylic acids is 1. The zero-order chi connectivity index (χ0) is 13.8. The van der Waals surface area contributed by atoms with Gasteiger partial charge in [-0.25, -0.2) is 0 Å². The topological polar surface area (TPSA) is 65.5 Å². The number of nitrogens with zero attached hydrogens (tertiary/aromatic N) is 2. The number of carbonyl (C=O) groups is 1. The van der Waals surface area contributed by atoms with Gasteiger partial charge >= 0.3 is 0 Å². The Morgan fingerprint density at radius 2 is 2.42 bits per heavy atom. The summed E-state index contributed by atoms with van der Waals surface area (Å²) < 4.78 is 0. The molecule has 0 aliphatic carbocycles. The lowest BCUT2D eigenvalue weighted by Crippen LogP contribution is -2.42. The molecule has 2 rings (SSSR count). The van der Waals surface area contributed by atoms with E-state index in [-0.39, 0.29) is 11.9 Å². The third kappa shape index (κ3) is 2.87. The van der Waals surface area contributed by atoms with Crippen molar-refractivity contribution in [2.75, 3.05) is 18.5 Å². The van der Waals surface area contributed by atoms with Gasteiger partial charge < -0.3 is 15.3 Å². The molecule has 0 aromatic carbocycles. The first-order valence-corrected chi connectivity index (χ1v) is 6.79. The fraction of sp³-hybridized carbons (Fsp3) is 0.571. The zero-order valence-electron chi connectivity index (χ0n) is 11.5. The second-order valence-corrected chi connectivity index (χ2v) is 4.83. The molecule has 104 valence electrons. The van der Waals surface area contributed by atoms with Gasteiger partial charge in [0.05, 0.1) is 23.7 Å². The number of hydrogen-bond donors (Lipinski definition) is 2. The van der Waals surface area contributed by atoms with Gasteiger partial charge in [-0.3, -0.25) is 9.78 Å². The summed E-state index contributed by atoms with van der Waals surface area (Å²) in [7, 11) is 1.66. The molecule has 0 saturated carbocycles. The lowest BCUT2D eigenvalue weighted by atomic mass is 10.1. The number of amides is 1. The largest absolute Gasteiger partial charge is 0.387 e. The molecule has 1 fully saturated rings. The molecule has 2 N–H and O–H groups in total. The van der Waals surface area contributed by atoms with E-state index in [1.54, 1.807) is 13.2 Å². The Bertz CT molecular complexity index is 433. The molecule has 1 unspecified atom stereocenters. The van der Waals surface area contributed by atoms with E-state index >= 15 is 0 Å². The molecule has 1 aromatic rings. The van der Waals surface area contributed by atoms with Crippen LogP contribution in [0.2, 0.25) is 0 Å². The molecule has 1 saturated heterocycles. The molecule has 1 amide bonds. The first-order valence-electron chi connectivity index (χ1n) is 6.79. The Kier molecular flexibility index (Phi) is 4.37. The fourth-order valence-electron chi connectivity index (χ4n) is 2.49. The summed E-state index contributed by atoms with van der Waals surface area (Å²) in [5.41, 5.74) is 1.63. The van der Waals surface area contributed by atoms with Crippen molar-refractivity contribution in [1.82, 2.24) is 10.3 Å². The van der Waals surface area contributed by atoms with Crippen LogP contribution in [0.15, 0.2) is 18.3 Å². The Balaban J connectivity index is 2.15. The molecule has 19 heavy (non-hydrogen) atoms. The van der Waals surface area contributed by atoms with Gasteiger partial charge in [-0.15, -0.1) is 0 Å². The van der Waals surface area contributed by atoms with E-state index in [0.717, 1.165) is 25.1 Å². The van der Waals surface area contributed by atoms with Crippen LogP contribution in [0.25, 0.3) is 0 Å². The summed E-state index contributed by atoms with van der Waals surface area (Å²) >= 11 is 0. The minimum absolute atomic E-state index is 0.0511. The molecule has 1 aliphatic rings.